The molecular weight excluding hydrogens is 440 g/mol. The number of hydrogen-bond donors (Lipinski definition) is 0. The van der Waals surface area contributed by atoms with Crippen molar-refractivity contribution in [2.24, 2.45) is 0 Å². The first kappa shape index (κ1) is 21.8. The number of benzene rings is 4. The lowest BCUT2D eigenvalue weighted by Crippen LogP contribution is -2.22. The van der Waals surface area contributed by atoms with E-state index in [4.69, 9.17) is 4.98 Å². The summed E-state index contributed by atoms with van der Waals surface area (Å²) in [4.78, 5) is 18.8. The van der Waals surface area contributed by atoms with E-state index in [1.807, 2.05) is 78.2 Å². The number of hydrogen-bond acceptors (Lipinski definition) is 2. The summed E-state index contributed by atoms with van der Waals surface area (Å²) in [6, 6.07) is 40.5. The van der Waals surface area contributed by atoms with Crippen LogP contribution in [0.5, 0.6) is 0 Å². The minimum Gasteiger partial charge on any atom is -0.274 e. The van der Waals surface area contributed by atoms with E-state index in [1.54, 1.807) is 12.3 Å². The standard InChI is InChI=1S/C33H24N2O/c1-23-19-20-26-18-11-21-34-31(26)32(23)35-29(36)22-28(24-12-5-2-6-13-24)30(25-14-7-3-8-15-25)33(35)27-16-9-4-10-17-27/h2-22H,1H3. The molecule has 0 spiro atoms. The first-order valence-corrected chi connectivity index (χ1v) is 12.0. The summed E-state index contributed by atoms with van der Waals surface area (Å²) in [5.41, 5.74) is 8.33. The first-order valence-electron chi connectivity index (χ1n) is 12.0. The van der Waals surface area contributed by atoms with Gasteiger partial charge in [-0.1, -0.05) is 109 Å². The molecule has 0 amide bonds. The molecule has 172 valence electrons. The van der Waals surface area contributed by atoms with E-state index in [1.165, 1.54) is 0 Å². The predicted molar refractivity (Wildman–Crippen MR) is 148 cm³/mol. The summed E-state index contributed by atoms with van der Waals surface area (Å²) in [5.74, 6) is 0. The van der Waals surface area contributed by atoms with E-state index in [2.05, 4.69) is 48.5 Å². The summed E-state index contributed by atoms with van der Waals surface area (Å²) in [5, 5.41) is 0.998. The number of aryl methyl sites for hydroxylation is 1. The average molecular weight is 465 g/mol. The Morgan fingerprint density at radius 2 is 1.25 bits per heavy atom. The van der Waals surface area contributed by atoms with Crippen molar-refractivity contribution in [3.63, 3.8) is 0 Å². The van der Waals surface area contributed by atoms with E-state index < -0.39 is 0 Å². The van der Waals surface area contributed by atoms with Crippen molar-refractivity contribution >= 4 is 10.9 Å². The van der Waals surface area contributed by atoms with Crippen molar-refractivity contribution < 1.29 is 0 Å². The molecule has 0 aliphatic heterocycles. The molecule has 2 aromatic heterocycles. The fourth-order valence-corrected chi connectivity index (χ4v) is 4.96. The molecule has 3 heteroatoms. The Morgan fingerprint density at radius 3 is 1.92 bits per heavy atom. The Labute approximate surface area is 210 Å². The van der Waals surface area contributed by atoms with Gasteiger partial charge >= 0.3 is 0 Å². The zero-order valence-electron chi connectivity index (χ0n) is 19.9. The van der Waals surface area contributed by atoms with Crippen LogP contribution in [-0.2, 0) is 0 Å². The van der Waals surface area contributed by atoms with Crippen LogP contribution in [0.4, 0.5) is 0 Å². The molecule has 0 saturated heterocycles. The minimum atomic E-state index is -0.0892. The minimum absolute atomic E-state index is 0.0892. The molecule has 4 aromatic carbocycles. The molecule has 0 saturated carbocycles. The second-order valence-electron chi connectivity index (χ2n) is 8.86. The predicted octanol–water partition coefficient (Wildman–Crippen LogP) is 7.70. The van der Waals surface area contributed by atoms with Crippen molar-refractivity contribution in [3.8, 4) is 39.2 Å². The Kier molecular flexibility index (Phi) is 5.51. The smallest absolute Gasteiger partial charge is 0.256 e. The second kappa shape index (κ2) is 9.12. The molecule has 36 heavy (non-hydrogen) atoms. The fourth-order valence-electron chi connectivity index (χ4n) is 4.96. The third kappa shape index (κ3) is 3.71. The molecule has 0 N–H and O–H groups in total. The summed E-state index contributed by atoms with van der Waals surface area (Å²) in [6.07, 6.45) is 1.79. The van der Waals surface area contributed by atoms with Crippen LogP contribution in [0, 0.1) is 6.92 Å². The van der Waals surface area contributed by atoms with Crippen molar-refractivity contribution in [2.45, 2.75) is 6.92 Å². The van der Waals surface area contributed by atoms with Gasteiger partial charge < -0.3 is 0 Å². The highest BCUT2D eigenvalue weighted by atomic mass is 16.1. The maximum atomic E-state index is 14.1. The molecule has 0 fully saturated rings. The number of fused-ring (bicyclic) bond motifs is 1. The van der Waals surface area contributed by atoms with Gasteiger partial charge in [0.1, 0.15) is 0 Å². The highest BCUT2D eigenvalue weighted by Gasteiger charge is 2.23. The van der Waals surface area contributed by atoms with Crippen molar-refractivity contribution in [1.29, 1.82) is 0 Å². The summed E-state index contributed by atoms with van der Waals surface area (Å²) < 4.78 is 1.86. The van der Waals surface area contributed by atoms with Gasteiger partial charge in [0.05, 0.1) is 16.9 Å². The molecule has 0 atom stereocenters. The van der Waals surface area contributed by atoms with Crippen molar-refractivity contribution in [3.05, 3.63) is 143 Å². The molecule has 0 unspecified atom stereocenters. The Balaban J connectivity index is 1.84. The average Bonchev–Trinajstić information content (AvgIpc) is 2.94. The lowest BCUT2D eigenvalue weighted by atomic mass is 9.90. The van der Waals surface area contributed by atoms with Crippen LogP contribution in [0.15, 0.2) is 132 Å². The van der Waals surface area contributed by atoms with Gasteiger partial charge in [-0.3, -0.25) is 14.3 Å². The Bertz CT molecular complexity index is 1740. The third-order valence-electron chi connectivity index (χ3n) is 6.59. The SMILES string of the molecule is Cc1ccc2cccnc2c1-n1c(-c2ccccc2)c(-c2ccccc2)c(-c2ccccc2)cc1=O. The number of aromatic nitrogens is 2. The van der Waals surface area contributed by atoms with Gasteiger partial charge in [-0.05, 0) is 40.8 Å². The van der Waals surface area contributed by atoms with Gasteiger partial charge in [-0.2, -0.15) is 0 Å². The van der Waals surface area contributed by atoms with E-state index in [9.17, 15) is 4.79 Å². The number of pyridine rings is 2. The highest BCUT2D eigenvalue weighted by molar-refractivity contribution is 5.96. The Morgan fingerprint density at radius 1 is 0.639 bits per heavy atom. The zero-order valence-corrected chi connectivity index (χ0v) is 19.9. The van der Waals surface area contributed by atoms with E-state index in [-0.39, 0.29) is 5.56 Å². The molecular formula is C33H24N2O. The normalized spacial score (nSPS) is 11.0. The molecule has 2 heterocycles. The number of nitrogens with zero attached hydrogens (tertiary/aromatic N) is 2. The summed E-state index contributed by atoms with van der Waals surface area (Å²) in [7, 11) is 0. The lowest BCUT2D eigenvalue weighted by molar-refractivity contribution is 0.995. The zero-order chi connectivity index (χ0) is 24.5. The van der Waals surface area contributed by atoms with Gasteiger partial charge in [0.15, 0.2) is 0 Å². The molecule has 0 radical (unpaired) electrons. The van der Waals surface area contributed by atoms with Gasteiger partial charge in [0.2, 0.25) is 0 Å². The molecule has 6 aromatic rings. The van der Waals surface area contributed by atoms with Crippen LogP contribution in [0.25, 0.3) is 50.1 Å². The summed E-state index contributed by atoms with van der Waals surface area (Å²) in [6.45, 7) is 2.04. The quantitative estimate of drug-likeness (QED) is 0.268. The molecule has 3 nitrogen and oxygen atoms in total. The first-order chi connectivity index (χ1) is 17.7. The molecule has 0 aliphatic carbocycles. The van der Waals surface area contributed by atoms with E-state index in [0.29, 0.717) is 0 Å². The van der Waals surface area contributed by atoms with Crippen LogP contribution in [0.3, 0.4) is 0 Å². The molecule has 0 bridgehead atoms. The molecule has 0 aliphatic rings. The summed E-state index contributed by atoms with van der Waals surface area (Å²) >= 11 is 0. The largest absolute Gasteiger partial charge is 0.274 e. The van der Waals surface area contributed by atoms with Crippen LogP contribution in [0.1, 0.15) is 5.56 Å². The lowest BCUT2D eigenvalue weighted by Gasteiger charge is -2.23. The van der Waals surface area contributed by atoms with Gasteiger partial charge in [0, 0.05) is 23.2 Å². The van der Waals surface area contributed by atoms with Crippen molar-refractivity contribution in [1.82, 2.24) is 9.55 Å². The van der Waals surface area contributed by atoms with E-state index >= 15 is 0 Å². The van der Waals surface area contributed by atoms with Crippen LogP contribution in [0.2, 0.25) is 0 Å². The second-order valence-corrected chi connectivity index (χ2v) is 8.86. The van der Waals surface area contributed by atoms with Crippen LogP contribution < -0.4 is 5.56 Å². The maximum absolute atomic E-state index is 14.1. The van der Waals surface area contributed by atoms with Gasteiger partial charge in [0.25, 0.3) is 5.56 Å². The Hall–Kier alpha value is -4.76. The van der Waals surface area contributed by atoms with Gasteiger partial charge in [-0.15, -0.1) is 0 Å². The van der Waals surface area contributed by atoms with Gasteiger partial charge in [-0.25, -0.2) is 0 Å². The third-order valence-corrected chi connectivity index (χ3v) is 6.59. The number of rotatable bonds is 4. The monoisotopic (exact) mass is 464 g/mol. The van der Waals surface area contributed by atoms with Crippen molar-refractivity contribution in [2.75, 3.05) is 0 Å². The topological polar surface area (TPSA) is 34.9 Å². The van der Waals surface area contributed by atoms with Crippen LogP contribution in [-0.4, -0.2) is 9.55 Å². The highest BCUT2D eigenvalue weighted by Crippen LogP contribution is 2.41. The van der Waals surface area contributed by atoms with E-state index in [0.717, 1.165) is 55.7 Å². The van der Waals surface area contributed by atoms with Crippen LogP contribution >= 0.6 is 0 Å². The fraction of sp³-hybridized carbons (Fsp3) is 0.0303. The maximum Gasteiger partial charge on any atom is 0.256 e. The molecule has 6 rings (SSSR count).